The predicted molar refractivity (Wildman–Crippen MR) is 111 cm³/mol. The first-order chi connectivity index (χ1) is 14.6. The van der Waals surface area contributed by atoms with E-state index in [2.05, 4.69) is 9.97 Å². The summed E-state index contributed by atoms with van der Waals surface area (Å²) in [6, 6.07) is 14.3. The first-order valence-electron chi connectivity index (χ1n) is 8.90. The highest BCUT2D eigenvalue weighted by Crippen LogP contribution is 2.31. The fourth-order valence-electron chi connectivity index (χ4n) is 2.79. The van der Waals surface area contributed by atoms with Crippen molar-refractivity contribution in [3.8, 4) is 17.6 Å². The fourth-order valence-corrected chi connectivity index (χ4v) is 2.79. The van der Waals surface area contributed by atoms with Crippen LogP contribution in [0, 0.1) is 11.3 Å². The standard InChI is InChI=1S/C22H19N3O5/c1-28-19-9-5-6-14(21(19)29-2)10-11-20(27)30-13-18(26)15(12-23)22-24-16-7-3-4-8-17(16)25-22/h3-11,26H,13H2,1-2H3,(H,24,25). The van der Waals surface area contributed by atoms with E-state index in [0.29, 0.717) is 22.6 Å². The number of hydrogen-bond acceptors (Lipinski definition) is 7. The van der Waals surface area contributed by atoms with Gasteiger partial charge in [0, 0.05) is 11.6 Å². The van der Waals surface area contributed by atoms with Gasteiger partial charge in [-0.05, 0) is 24.3 Å². The van der Waals surface area contributed by atoms with Crippen molar-refractivity contribution in [2.75, 3.05) is 20.8 Å². The molecule has 3 aromatic rings. The summed E-state index contributed by atoms with van der Waals surface area (Å²) in [6.07, 6.45) is 2.70. The molecule has 0 aliphatic heterocycles. The van der Waals surface area contributed by atoms with Gasteiger partial charge in [-0.25, -0.2) is 9.78 Å². The maximum Gasteiger partial charge on any atom is 0.331 e. The van der Waals surface area contributed by atoms with Crippen LogP contribution in [0.25, 0.3) is 22.7 Å². The number of nitrogens with one attached hydrogen (secondary N) is 1. The van der Waals surface area contributed by atoms with Crippen molar-refractivity contribution in [3.63, 3.8) is 0 Å². The number of aromatic nitrogens is 2. The number of benzene rings is 2. The summed E-state index contributed by atoms with van der Waals surface area (Å²) in [6.45, 7) is -0.474. The van der Waals surface area contributed by atoms with E-state index in [1.807, 2.05) is 18.2 Å². The van der Waals surface area contributed by atoms with Gasteiger partial charge in [-0.15, -0.1) is 0 Å². The van der Waals surface area contributed by atoms with Gasteiger partial charge in [-0.3, -0.25) is 0 Å². The largest absolute Gasteiger partial charge is 0.507 e. The number of ether oxygens (including phenoxy) is 3. The molecule has 8 heteroatoms. The van der Waals surface area contributed by atoms with Crippen molar-refractivity contribution in [1.82, 2.24) is 9.97 Å². The number of H-pyrrole nitrogens is 1. The Hall–Kier alpha value is -4.25. The first kappa shape index (κ1) is 20.5. The number of allylic oxidation sites excluding steroid dienone is 1. The minimum absolute atomic E-state index is 0.0996. The van der Waals surface area contributed by atoms with E-state index in [-0.39, 0.29) is 11.4 Å². The minimum atomic E-state index is -0.701. The zero-order chi connectivity index (χ0) is 21.5. The number of carbonyl (C=O) groups is 1. The molecule has 0 fully saturated rings. The lowest BCUT2D eigenvalue weighted by molar-refractivity contribution is -0.137. The molecule has 0 saturated carbocycles. The Morgan fingerprint density at radius 3 is 2.70 bits per heavy atom. The predicted octanol–water partition coefficient (Wildman–Crippen LogP) is 3.63. The number of esters is 1. The summed E-state index contributed by atoms with van der Waals surface area (Å²) in [5, 5.41) is 19.6. The summed E-state index contributed by atoms with van der Waals surface area (Å²) < 4.78 is 15.5. The Labute approximate surface area is 172 Å². The third kappa shape index (κ3) is 4.42. The molecule has 0 aliphatic rings. The number of aliphatic hydroxyl groups excluding tert-OH is 1. The number of imidazole rings is 1. The fraction of sp³-hybridized carbons (Fsp3) is 0.136. The highest BCUT2D eigenvalue weighted by Gasteiger charge is 2.14. The summed E-state index contributed by atoms with van der Waals surface area (Å²) in [5.41, 5.74) is 1.89. The van der Waals surface area contributed by atoms with Crippen molar-refractivity contribution in [3.05, 3.63) is 65.7 Å². The van der Waals surface area contributed by atoms with E-state index in [9.17, 15) is 15.2 Å². The van der Waals surface area contributed by atoms with Crippen LogP contribution in [0.3, 0.4) is 0 Å². The Balaban J connectivity index is 1.71. The van der Waals surface area contributed by atoms with Crippen LogP contribution in [0.1, 0.15) is 11.4 Å². The van der Waals surface area contributed by atoms with Crippen LogP contribution in [-0.4, -0.2) is 41.9 Å². The molecule has 0 radical (unpaired) electrons. The molecule has 152 valence electrons. The lowest BCUT2D eigenvalue weighted by atomic mass is 10.1. The van der Waals surface area contributed by atoms with Crippen LogP contribution in [0.15, 0.2) is 54.3 Å². The number of aliphatic hydroxyl groups is 1. The number of fused-ring (bicyclic) bond motifs is 1. The molecule has 2 aromatic carbocycles. The number of methoxy groups -OCH3 is 2. The lowest BCUT2D eigenvalue weighted by Gasteiger charge is -2.09. The van der Waals surface area contributed by atoms with E-state index in [4.69, 9.17) is 14.2 Å². The molecule has 1 aromatic heterocycles. The van der Waals surface area contributed by atoms with Gasteiger partial charge in [0.05, 0.1) is 25.3 Å². The molecular formula is C22H19N3O5. The molecule has 30 heavy (non-hydrogen) atoms. The van der Waals surface area contributed by atoms with Crippen LogP contribution in [0.4, 0.5) is 0 Å². The smallest absolute Gasteiger partial charge is 0.331 e. The second-order valence-electron chi connectivity index (χ2n) is 6.06. The Kier molecular flexibility index (Phi) is 6.35. The maximum atomic E-state index is 12.0. The molecule has 0 bridgehead atoms. The van der Waals surface area contributed by atoms with E-state index >= 15 is 0 Å². The molecule has 2 N–H and O–H groups in total. The molecule has 8 nitrogen and oxygen atoms in total. The molecule has 0 spiro atoms. The summed E-state index contributed by atoms with van der Waals surface area (Å²) in [4.78, 5) is 19.3. The average Bonchev–Trinajstić information content (AvgIpc) is 3.19. The van der Waals surface area contributed by atoms with Crippen LogP contribution in [0.5, 0.6) is 11.5 Å². The quantitative estimate of drug-likeness (QED) is 0.267. The van der Waals surface area contributed by atoms with Crippen LogP contribution in [-0.2, 0) is 9.53 Å². The van der Waals surface area contributed by atoms with Crippen molar-refractivity contribution in [2.24, 2.45) is 0 Å². The SMILES string of the molecule is COc1cccc(C=CC(=O)OCC(O)=C(C#N)c2nc3ccccc3[nH]2)c1OC. The first-order valence-corrected chi connectivity index (χ1v) is 8.90. The van der Waals surface area contributed by atoms with Gasteiger partial charge in [-0.2, -0.15) is 5.26 Å². The zero-order valence-electron chi connectivity index (χ0n) is 16.4. The normalized spacial score (nSPS) is 11.8. The number of nitriles is 1. The van der Waals surface area contributed by atoms with Crippen molar-refractivity contribution < 1.29 is 24.1 Å². The Morgan fingerprint density at radius 2 is 2.00 bits per heavy atom. The highest BCUT2D eigenvalue weighted by atomic mass is 16.5. The topological polar surface area (TPSA) is 117 Å². The summed E-state index contributed by atoms with van der Waals surface area (Å²) in [7, 11) is 3.02. The number of nitrogens with zero attached hydrogens (tertiary/aromatic N) is 2. The Bertz CT molecular complexity index is 1140. The average molecular weight is 405 g/mol. The molecule has 0 amide bonds. The molecule has 0 unspecified atom stereocenters. The van der Waals surface area contributed by atoms with Gasteiger partial charge >= 0.3 is 5.97 Å². The number of para-hydroxylation sites is 3. The van der Waals surface area contributed by atoms with Crippen LogP contribution in [0.2, 0.25) is 0 Å². The molecule has 1 heterocycles. The van der Waals surface area contributed by atoms with E-state index in [1.165, 1.54) is 26.4 Å². The molecule has 0 atom stereocenters. The number of aromatic amines is 1. The highest BCUT2D eigenvalue weighted by molar-refractivity contribution is 5.88. The van der Waals surface area contributed by atoms with Gasteiger partial charge in [0.25, 0.3) is 0 Å². The zero-order valence-corrected chi connectivity index (χ0v) is 16.4. The number of rotatable bonds is 7. The maximum absolute atomic E-state index is 12.0. The van der Waals surface area contributed by atoms with E-state index < -0.39 is 18.3 Å². The second-order valence-corrected chi connectivity index (χ2v) is 6.06. The van der Waals surface area contributed by atoms with Gasteiger partial charge in [0.15, 0.2) is 23.1 Å². The van der Waals surface area contributed by atoms with Crippen molar-refractivity contribution in [1.29, 1.82) is 5.26 Å². The Morgan fingerprint density at radius 1 is 1.20 bits per heavy atom. The van der Waals surface area contributed by atoms with Gasteiger partial charge in [-0.1, -0.05) is 24.3 Å². The third-order valence-electron chi connectivity index (χ3n) is 4.21. The van der Waals surface area contributed by atoms with E-state index in [0.717, 1.165) is 5.52 Å². The molecule has 0 saturated heterocycles. The summed E-state index contributed by atoms with van der Waals surface area (Å²) in [5.74, 6) is 0.0935. The van der Waals surface area contributed by atoms with E-state index in [1.54, 1.807) is 30.3 Å². The minimum Gasteiger partial charge on any atom is -0.507 e. The van der Waals surface area contributed by atoms with Gasteiger partial charge in [0.2, 0.25) is 0 Å². The monoisotopic (exact) mass is 405 g/mol. The number of hydrogen-bond donors (Lipinski definition) is 2. The third-order valence-corrected chi connectivity index (χ3v) is 4.21. The second kappa shape index (κ2) is 9.30. The molecule has 0 aliphatic carbocycles. The van der Waals surface area contributed by atoms with Crippen molar-refractivity contribution >= 4 is 28.7 Å². The molecular weight excluding hydrogens is 386 g/mol. The van der Waals surface area contributed by atoms with Crippen LogP contribution < -0.4 is 9.47 Å². The van der Waals surface area contributed by atoms with Crippen LogP contribution >= 0.6 is 0 Å². The lowest BCUT2D eigenvalue weighted by Crippen LogP contribution is -2.06. The van der Waals surface area contributed by atoms with Gasteiger partial charge < -0.3 is 24.3 Å². The van der Waals surface area contributed by atoms with Gasteiger partial charge in [0.1, 0.15) is 18.2 Å². The summed E-state index contributed by atoms with van der Waals surface area (Å²) >= 11 is 0. The van der Waals surface area contributed by atoms with Crippen molar-refractivity contribution in [2.45, 2.75) is 0 Å². The number of carbonyl (C=O) groups excluding carboxylic acids is 1. The molecule has 3 rings (SSSR count).